The van der Waals surface area contributed by atoms with Gasteiger partial charge in [0.25, 0.3) is 0 Å². The molecule has 0 aromatic rings. The molecule has 0 saturated carbocycles. The number of rotatable bonds is 5. The van der Waals surface area contributed by atoms with E-state index in [0.717, 1.165) is 6.42 Å². The quantitative estimate of drug-likeness (QED) is 0.594. The van der Waals surface area contributed by atoms with Gasteiger partial charge in [0.15, 0.2) is 0 Å². The Morgan fingerprint density at radius 3 is 2.18 bits per heavy atom. The predicted octanol–water partition coefficient (Wildman–Crippen LogP) is 1.38. The first-order valence-corrected chi connectivity index (χ1v) is 5.65. The lowest BCUT2D eigenvalue weighted by atomic mass is 10.2. The van der Waals surface area contributed by atoms with Crippen molar-refractivity contribution in [3.05, 3.63) is 0 Å². The fraction of sp³-hybridized carbons (Fsp3) is 0.900. The second-order valence-corrected chi connectivity index (χ2v) is 4.15. The maximum Gasteiger partial charge on any atom is 0.460 e. The molecule has 4 nitrogen and oxygen atoms in total. The molecule has 1 aliphatic heterocycles. The zero-order valence-corrected chi connectivity index (χ0v) is 9.54. The van der Waals surface area contributed by atoms with Gasteiger partial charge in [-0.2, -0.15) is 13.2 Å². The van der Waals surface area contributed by atoms with E-state index in [4.69, 9.17) is 5.11 Å². The number of hydrogen-bond donors (Lipinski definition) is 1. The minimum atomic E-state index is -4.23. The molecule has 0 spiro atoms. The normalized spacial score (nSPS) is 19.5. The van der Waals surface area contributed by atoms with Crippen LogP contribution in [0.5, 0.6) is 0 Å². The number of carboxylic acids is 1. The largest absolute Gasteiger partial charge is 0.481 e. The van der Waals surface area contributed by atoms with Gasteiger partial charge in [-0.25, -0.2) is 4.90 Å². The first-order valence-electron chi connectivity index (χ1n) is 5.65. The number of halogens is 3. The van der Waals surface area contributed by atoms with Crippen molar-refractivity contribution in [1.29, 1.82) is 0 Å². The molecular weight excluding hydrogens is 237 g/mol. The van der Waals surface area contributed by atoms with Crippen molar-refractivity contribution in [3.8, 4) is 0 Å². The van der Waals surface area contributed by atoms with Gasteiger partial charge >= 0.3 is 12.3 Å². The van der Waals surface area contributed by atoms with Crippen molar-refractivity contribution in [1.82, 2.24) is 9.80 Å². The van der Waals surface area contributed by atoms with Crippen LogP contribution in [-0.2, 0) is 4.79 Å². The molecular formula is C10H17F3N2O2. The Balaban J connectivity index is 2.13. The summed E-state index contributed by atoms with van der Waals surface area (Å²) < 4.78 is 36.9. The lowest BCUT2D eigenvalue weighted by molar-refractivity contribution is -0.252. The van der Waals surface area contributed by atoms with E-state index in [2.05, 4.69) is 0 Å². The molecule has 0 radical (unpaired) electrons. The molecule has 0 aromatic heterocycles. The van der Waals surface area contributed by atoms with Gasteiger partial charge in [0.05, 0.1) is 0 Å². The van der Waals surface area contributed by atoms with E-state index in [1.54, 1.807) is 0 Å². The molecule has 100 valence electrons. The summed E-state index contributed by atoms with van der Waals surface area (Å²) in [7, 11) is 0. The first-order chi connectivity index (χ1) is 7.89. The zero-order valence-electron chi connectivity index (χ0n) is 9.54. The number of unbranched alkanes of at least 4 members (excludes halogenated alkanes) is 1. The Bertz CT molecular complexity index is 250. The van der Waals surface area contributed by atoms with E-state index in [0.29, 0.717) is 31.0 Å². The molecule has 1 rings (SSSR count). The molecule has 0 atom stereocenters. The second kappa shape index (κ2) is 6.20. The topological polar surface area (TPSA) is 43.8 Å². The van der Waals surface area contributed by atoms with Crippen LogP contribution in [-0.4, -0.2) is 59.9 Å². The van der Waals surface area contributed by atoms with Crippen LogP contribution in [0.1, 0.15) is 19.3 Å². The maximum absolute atomic E-state index is 12.3. The van der Waals surface area contributed by atoms with E-state index in [1.807, 2.05) is 4.90 Å². The number of nitrogens with zero attached hydrogens (tertiary/aromatic N) is 2. The molecule has 0 aromatic carbocycles. The Kier molecular flexibility index (Phi) is 5.20. The summed E-state index contributed by atoms with van der Waals surface area (Å²) in [5.41, 5.74) is 0. The van der Waals surface area contributed by atoms with Gasteiger partial charge in [0.1, 0.15) is 0 Å². The van der Waals surface area contributed by atoms with E-state index in [-0.39, 0.29) is 19.5 Å². The predicted molar refractivity (Wildman–Crippen MR) is 55.6 cm³/mol. The zero-order chi connectivity index (χ0) is 12.9. The van der Waals surface area contributed by atoms with Crippen LogP contribution in [0.2, 0.25) is 0 Å². The standard InChI is InChI=1S/C10H17F3N2O2/c11-10(12,13)15-7-5-14(6-8-15)4-2-1-3-9(16)17/h1-8H2,(H,16,17). The van der Waals surface area contributed by atoms with Crippen LogP contribution in [0.25, 0.3) is 0 Å². The van der Waals surface area contributed by atoms with Crippen molar-refractivity contribution in [2.75, 3.05) is 32.7 Å². The van der Waals surface area contributed by atoms with Crippen LogP contribution in [0.15, 0.2) is 0 Å². The highest BCUT2D eigenvalue weighted by atomic mass is 19.4. The van der Waals surface area contributed by atoms with Crippen LogP contribution < -0.4 is 0 Å². The minimum Gasteiger partial charge on any atom is -0.481 e. The molecule has 0 bridgehead atoms. The van der Waals surface area contributed by atoms with Crippen molar-refractivity contribution >= 4 is 5.97 Å². The third-order valence-corrected chi connectivity index (χ3v) is 2.85. The molecule has 0 unspecified atom stereocenters. The average Bonchev–Trinajstić information content (AvgIpc) is 2.23. The third kappa shape index (κ3) is 5.36. The van der Waals surface area contributed by atoms with Crippen LogP contribution >= 0.6 is 0 Å². The number of alkyl halides is 3. The molecule has 0 amide bonds. The number of carbonyl (C=O) groups is 1. The third-order valence-electron chi connectivity index (χ3n) is 2.85. The average molecular weight is 254 g/mol. The summed E-state index contributed by atoms with van der Waals surface area (Å²) >= 11 is 0. The lowest BCUT2D eigenvalue weighted by Gasteiger charge is -2.35. The van der Waals surface area contributed by atoms with Gasteiger partial charge in [-0.05, 0) is 19.4 Å². The van der Waals surface area contributed by atoms with Gasteiger partial charge in [-0.3, -0.25) is 4.79 Å². The fourth-order valence-corrected chi connectivity index (χ4v) is 1.84. The van der Waals surface area contributed by atoms with Gasteiger partial charge in [0, 0.05) is 32.6 Å². The number of hydrogen-bond acceptors (Lipinski definition) is 3. The Morgan fingerprint density at radius 2 is 1.71 bits per heavy atom. The number of aliphatic carboxylic acids is 1. The molecule has 1 aliphatic rings. The van der Waals surface area contributed by atoms with Crippen LogP contribution in [0.3, 0.4) is 0 Å². The SMILES string of the molecule is O=C(O)CCCCN1CCN(C(F)(F)F)CC1. The molecule has 1 N–H and O–H groups in total. The fourth-order valence-electron chi connectivity index (χ4n) is 1.84. The Labute approximate surface area is 98.0 Å². The van der Waals surface area contributed by atoms with Gasteiger partial charge in [-0.1, -0.05) is 0 Å². The second-order valence-electron chi connectivity index (χ2n) is 4.15. The monoisotopic (exact) mass is 254 g/mol. The summed E-state index contributed by atoms with van der Waals surface area (Å²) in [5.74, 6) is -0.827. The summed E-state index contributed by atoms with van der Waals surface area (Å²) in [4.78, 5) is 12.7. The highest BCUT2D eigenvalue weighted by Crippen LogP contribution is 2.22. The van der Waals surface area contributed by atoms with Crippen LogP contribution in [0.4, 0.5) is 13.2 Å². The van der Waals surface area contributed by atoms with Crippen molar-refractivity contribution in [2.45, 2.75) is 25.6 Å². The van der Waals surface area contributed by atoms with Gasteiger partial charge in [0.2, 0.25) is 0 Å². The Morgan fingerprint density at radius 1 is 1.12 bits per heavy atom. The van der Waals surface area contributed by atoms with Crippen molar-refractivity contribution < 1.29 is 23.1 Å². The van der Waals surface area contributed by atoms with Crippen molar-refractivity contribution in [2.24, 2.45) is 0 Å². The number of carboxylic acid groups (broad SMARTS) is 1. The molecule has 1 fully saturated rings. The summed E-state index contributed by atoms with van der Waals surface area (Å²) in [6.07, 6.45) is -2.80. The summed E-state index contributed by atoms with van der Waals surface area (Å²) in [6, 6.07) is 0. The minimum absolute atomic E-state index is 0.00241. The maximum atomic E-state index is 12.3. The highest BCUT2D eigenvalue weighted by molar-refractivity contribution is 5.66. The Hall–Kier alpha value is -0.820. The first kappa shape index (κ1) is 14.2. The molecule has 1 saturated heterocycles. The molecule has 0 aliphatic carbocycles. The van der Waals surface area contributed by atoms with E-state index >= 15 is 0 Å². The van der Waals surface area contributed by atoms with Crippen molar-refractivity contribution in [3.63, 3.8) is 0 Å². The molecule has 7 heteroatoms. The smallest absolute Gasteiger partial charge is 0.460 e. The van der Waals surface area contributed by atoms with E-state index in [1.165, 1.54) is 0 Å². The van der Waals surface area contributed by atoms with Gasteiger partial charge < -0.3 is 10.0 Å². The molecule has 1 heterocycles. The summed E-state index contributed by atoms with van der Waals surface area (Å²) in [5, 5.41) is 8.43. The highest BCUT2D eigenvalue weighted by Gasteiger charge is 2.38. The summed E-state index contributed by atoms with van der Waals surface area (Å²) in [6.45, 7) is 1.48. The number of piperazine rings is 1. The lowest BCUT2D eigenvalue weighted by Crippen LogP contribution is -2.51. The van der Waals surface area contributed by atoms with Crippen LogP contribution in [0, 0.1) is 0 Å². The van der Waals surface area contributed by atoms with E-state index < -0.39 is 12.3 Å². The van der Waals surface area contributed by atoms with E-state index in [9.17, 15) is 18.0 Å². The molecule has 17 heavy (non-hydrogen) atoms. The van der Waals surface area contributed by atoms with Gasteiger partial charge in [-0.15, -0.1) is 0 Å².